The summed E-state index contributed by atoms with van der Waals surface area (Å²) in [6.45, 7) is 6.62. The summed E-state index contributed by atoms with van der Waals surface area (Å²) in [5.41, 5.74) is 1.96. The van der Waals surface area contributed by atoms with Crippen LogP contribution in [0.25, 0.3) is 0 Å². The predicted molar refractivity (Wildman–Crippen MR) is 85.4 cm³/mol. The van der Waals surface area contributed by atoms with Gasteiger partial charge in [0, 0.05) is 30.4 Å². The fourth-order valence-electron chi connectivity index (χ4n) is 4.16. The fraction of sp³-hybridized carbons (Fsp3) is 0.722. The maximum Gasteiger partial charge on any atom is 0.0743 e. The van der Waals surface area contributed by atoms with Gasteiger partial charge in [-0.3, -0.25) is 4.98 Å². The Morgan fingerprint density at radius 1 is 1.29 bits per heavy atom. The summed E-state index contributed by atoms with van der Waals surface area (Å²) >= 11 is 0. The number of pyridine rings is 1. The minimum Gasteiger partial charge on any atom is -0.389 e. The lowest BCUT2D eigenvalue weighted by molar-refractivity contribution is -0.00915. The molecule has 0 spiro atoms. The van der Waals surface area contributed by atoms with Crippen molar-refractivity contribution in [3.63, 3.8) is 0 Å². The molecule has 1 aliphatic carbocycles. The van der Waals surface area contributed by atoms with E-state index in [0.717, 1.165) is 45.2 Å². The number of fused-ring (bicyclic) bond motifs is 1. The van der Waals surface area contributed by atoms with E-state index in [1.54, 1.807) is 0 Å². The summed E-state index contributed by atoms with van der Waals surface area (Å²) in [4.78, 5) is 7.13. The zero-order valence-corrected chi connectivity index (χ0v) is 13.4. The molecule has 116 valence electrons. The van der Waals surface area contributed by atoms with E-state index >= 15 is 0 Å². The molecule has 1 fully saturated rings. The van der Waals surface area contributed by atoms with Crippen molar-refractivity contribution >= 4 is 0 Å². The Morgan fingerprint density at radius 3 is 2.95 bits per heavy atom. The van der Waals surface area contributed by atoms with Crippen LogP contribution in [-0.4, -0.2) is 39.7 Å². The van der Waals surface area contributed by atoms with Crippen LogP contribution in [0.15, 0.2) is 18.3 Å². The standard InChI is InChI=1S/C18H28N2O/c1-14(2)20-12-5-9-18(21,10-13-20)16-8-3-6-15-7-4-11-19-17(15)16/h4,7,11,14,16,21H,3,5-6,8-10,12-13H2,1-2H3. The van der Waals surface area contributed by atoms with Gasteiger partial charge in [0.2, 0.25) is 0 Å². The van der Waals surface area contributed by atoms with Crippen molar-refractivity contribution in [1.82, 2.24) is 9.88 Å². The molecule has 0 radical (unpaired) electrons. The molecule has 1 saturated heterocycles. The van der Waals surface area contributed by atoms with Crippen LogP contribution in [0.4, 0.5) is 0 Å². The average molecular weight is 288 g/mol. The molecule has 2 aliphatic rings. The van der Waals surface area contributed by atoms with Crippen LogP contribution in [0.5, 0.6) is 0 Å². The highest BCUT2D eigenvalue weighted by atomic mass is 16.3. The summed E-state index contributed by atoms with van der Waals surface area (Å²) in [5, 5.41) is 11.4. The zero-order chi connectivity index (χ0) is 14.9. The van der Waals surface area contributed by atoms with Crippen LogP contribution in [-0.2, 0) is 6.42 Å². The van der Waals surface area contributed by atoms with E-state index in [0.29, 0.717) is 6.04 Å². The Balaban J connectivity index is 1.83. The molecule has 2 unspecified atom stereocenters. The Morgan fingerprint density at radius 2 is 2.14 bits per heavy atom. The van der Waals surface area contributed by atoms with Gasteiger partial charge in [0.1, 0.15) is 0 Å². The van der Waals surface area contributed by atoms with Crippen LogP contribution in [0.3, 0.4) is 0 Å². The SMILES string of the molecule is CC(C)N1CCCC(O)(C2CCCc3cccnc32)CC1. The molecule has 2 atom stereocenters. The maximum atomic E-state index is 11.4. The third-order valence-corrected chi connectivity index (χ3v) is 5.46. The minimum atomic E-state index is -0.562. The number of nitrogens with zero attached hydrogens (tertiary/aromatic N) is 2. The van der Waals surface area contributed by atoms with Gasteiger partial charge in [-0.25, -0.2) is 0 Å². The number of rotatable bonds is 2. The lowest BCUT2D eigenvalue weighted by Gasteiger charge is -2.38. The minimum absolute atomic E-state index is 0.231. The van der Waals surface area contributed by atoms with Crippen molar-refractivity contribution in [3.05, 3.63) is 29.6 Å². The molecule has 1 N–H and O–H groups in total. The third kappa shape index (κ3) is 3.00. The van der Waals surface area contributed by atoms with Crippen molar-refractivity contribution in [2.45, 2.75) is 69.9 Å². The van der Waals surface area contributed by atoms with E-state index in [-0.39, 0.29) is 5.92 Å². The van der Waals surface area contributed by atoms with E-state index in [9.17, 15) is 5.11 Å². The molecule has 0 aromatic carbocycles. The van der Waals surface area contributed by atoms with Gasteiger partial charge in [-0.05, 0) is 70.5 Å². The normalized spacial score (nSPS) is 31.0. The molecule has 0 saturated carbocycles. The highest BCUT2D eigenvalue weighted by Gasteiger charge is 2.41. The second-order valence-electron chi connectivity index (χ2n) is 7.08. The smallest absolute Gasteiger partial charge is 0.0743 e. The molecule has 2 heterocycles. The topological polar surface area (TPSA) is 36.4 Å². The largest absolute Gasteiger partial charge is 0.389 e. The second-order valence-corrected chi connectivity index (χ2v) is 7.08. The van der Waals surface area contributed by atoms with Crippen molar-refractivity contribution in [3.8, 4) is 0 Å². The fourth-order valence-corrected chi connectivity index (χ4v) is 4.16. The monoisotopic (exact) mass is 288 g/mol. The van der Waals surface area contributed by atoms with Gasteiger partial charge in [0.15, 0.2) is 0 Å². The van der Waals surface area contributed by atoms with Gasteiger partial charge in [-0.15, -0.1) is 0 Å². The number of aliphatic hydroxyl groups is 1. The first kappa shape index (κ1) is 15.0. The summed E-state index contributed by atoms with van der Waals surface area (Å²) in [6, 6.07) is 4.79. The highest BCUT2D eigenvalue weighted by molar-refractivity contribution is 5.28. The van der Waals surface area contributed by atoms with E-state index in [4.69, 9.17) is 0 Å². The first-order valence-electron chi connectivity index (χ1n) is 8.50. The van der Waals surface area contributed by atoms with Crippen LogP contribution < -0.4 is 0 Å². The van der Waals surface area contributed by atoms with Crippen molar-refractivity contribution < 1.29 is 5.11 Å². The molecule has 3 heteroatoms. The van der Waals surface area contributed by atoms with Gasteiger partial charge in [0.05, 0.1) is 5.60 Å². The molecule has 0 bridgehead atoms. The van der Waals surface area contributed by atoms with E-state index in [1.165, 1.54) is 17.7 Å². The van der Waals surface area contributed by atoms with E-state index < -0.39 is 5.60 Å². The number of aryl methyl sites for hydroxylation is 1. The quantitative estimate of drug-likeness (QED) is 0.908. The molecular formula is C18H28N2O. The Hall–Kier alpha value is -0.930. The van der Waals surface area contributed by atoms with Crippen LogP contribution in [0.2, 0.25) is 0 Å². The maximum absolute atomic E-state index is 11.4. The van der Waals surface area contributed by atoms with Crippen molar-refractivity contribution in [1.29, 1.82) is 0 Å². The van der Waals surface area contributed by atoms with E-state index in [1.807, 2.05) is 12.3 Å². The van der Waals surface area contributed by atoms with Crippen molar-refractivity contribution in [2.75, 3.05) is 13.1 Å². The van der Waals surface area contributed by atoms with Crippen LogP contribution in [0, 0.1) is 0 Å². The molecule has 1 aromatic rings. The molecule has 3 nitrogen and oxygen atoms in total. The third-order valence-electron chi connectivity index (χ3n) is 5.46. The van der Waals surface area contributed by atoms with Crippen LogP contribution >= 0.6 is 0 Å². The number of likely N-dealkylation sites (tertiary alicyclic amines) is 1. The average Bonchev–Trinajstić information content (AvgIpc) is 2.69. The lowest BCUT2D eigenvalue weighted by Crippen LogP contribution is -2.40. The summed E-state index contributed by atoms with van der Waals surface area (Å²) in [7, 11) is 0. The zero-order valence-electron chi connectivity index (χ0n) is 13.4. The highest BCUT2D eigenvalue weighted by Crippen LogP contribution is 2.43. The van der Waals surface area contributed by atoms with Gasteiger partial charge in [-0.2, -0.15) is 0 Å². The second kappa shape index (κ2) is 6.05. The molecule has 0 amide bonds. The molecule has 21 heavy (non-hydrogen) atoms. The van der Waals surface area contributed by atoms with Gasteiger partial charge < -0.3 is 10.0 Å². The van der Waals surface area contributed by atoms with Gasteiger partial charge >= 0.3 is 0 Å². The molecular weight excluding hydrogens is 260 g/mol. The first-order valence-corrected chi connectivity index (χ1v) is 8.50. The Bertz CT molecular complexity index is 488. The summed E-state index contributed by atoms with van der Waals surface area (Å²) in [5.74, 6) is 0.231. The number of hydrogen-bond donors (Lipinski definition) is 1. The Labute approximate surface area is 128 Å². The van der Waals surface area contributed by atoms with Gasteiger partial charge in [0.25, 0.3) is 0 Å². The summed E-state index contributed by atoms with van der Waals surface area (Å²) in [6.07, 6.45) is 8.16. The molecule has 1 aromatic heterocycles. The van der Waals surface area contributed by atoms with Gasteiger partial charge in [-0.1, -0.05) is 6.07 Å². The van der Waals surface area contributed by atoms with Crippen LogP contribution in [0.1, 0.15) is 63.1 Å². The summed E-state index contributed by atoms with van der Waals surface area (Å²) < 4.78 is 0. The lowest BCUT2D eigenvalue weighted by atomic mass is 9.72. The number of hydrogen-bond acceptors (Lipinski definition) is 3. The molecule has 3 rings (SSSR count). The predicted octanol–water partition coefficient (Wildman–Crippen LogP) is 3.13. The Kier molecular flexibility index (Phi) is 4.32. The number of aromatic nitrogens is 1. The van der Waals surface area contributed by atoms with E-state index in [2.05, 4.69) is 29.8 Å². The first-order chi connectivity index (χ1) is 10.1. The molecule has 1 aliphatic heterocycles. The van der Waals surface area contributed by atoms with Crippen molar-refractivity contribution in [2.24, 2.45) is 0 Å².